The highest BCUT2D eigenvalue weighted by atomic mass is 32.2. The van der Waals surface area contributed by atoms with Gasteiger partial charge in [-0.2, -0.15) is 0 Å². The Morgan fingerprint density at radius 3 is 3.08 bits per heavy atom. The first-order valence-electron chi connectivity index (χ1n) is 4.21. The zero-order chi connectivity index (χ0) is 9.64. The Morgan fingerprint density at radius 2 is 2.46 bits per heavy atom. The van der Waals surface area contributed by atoms with Crippen LogP contribution in [0.4, 0.5) is 0 Å². The summed E-state index contributed by atoms with van der Waals surface area (Å²) in [7, 11) is 0. The third-order valence-electron chi connectivity index (χ3n) is 2.72. The normalized spacial score (nSPS) is 38.1. The Labute approximate surface area is 80.3 Å². The molecule has 2 fully saturated rings. The molecule has 2 aliphatic rings. The average Bonchev–Trinajstić information content (AvgIpc) is 2.50. The van der Waals surface area contributed by atoms with Crippen LogP contribution in [-0.2, 0) is 9.59 Å². The lowest BCUT2D eigenvalue weighted by Gasteiger charge is -2.30. The summed E-state index contributed by atoms with van der Waals surface area (Å²) < 4.78 is 0. The van der Waals surface area contributed by atoms with E-state index in [2.05, 4.69) is 0 Å². The molecule has 2 heterocycles. The van der Waals surface area contributed by atoms with Gasteiger partial charge >= 0.3 is 0 Å². The quantitative estimate of drug-likeness (QED) is 0.555. The first-order chi connectivity index (χ1) is 6.04. The van der Waals surface area contributed by atoms with Crippen molar-refractivity contribution >= 4 is 23.6 Å². The fourth-order valence-electron chi connectivity index (χ4n) is 2.00. The van der Waals surface area contributed by atoms with Crippen LogP contribution in [0.15, 0.2) is 0 Å². The molecule has 2 aliphatic heterocycles. The van der Waals surface area contributed by atoms with Gasteiger partial charge in [0.25, 0.3) is 0 Å². The molecule has 1 amide bonds. The van der Waals surface area contributed by atoms with Gasteiger partial charge in [-0.15, -0.1) is 11.8 Å². The third-order valence-corrected chi connectivity index (χ3v) is 4.22. The Kier molecular flexibility index (Phi) is 1.80. The second-order valence-electron chi connectivity index (χ2n) is 3.58. The van der Waals surface area contributed by atoms with Gasteiger partial charge in [-0.05, 0) is 13.3 Å². The molecule has 0 aromatic heterocycles. The molecule has 0 unspecified atom stereocenters. The highest BCUT2D eigenvalue weighted by Crippen LogP contribution is 2.46. The van der Waals surface area contributed by atoms with Crippen LogP contribution in [0.25, 0.3) is 0 Å². The van der Waals surface area contributed by atoms with Crippen LogP contribution in [-0.4, -0.2) is 33.4 Å². The Hall–Kier alpha value is -0.710. The highest BCUT2D eigenvalue weighted by molar-refractivity contribution is 8.01. The number of thioether (sulfide) groups is 1. The second-order valence-corrected chi connectivity index (χ2v) is 5.09. The van der Waals surface area contributed by atoms with Gasteiger partial charge < -0.3 is 14.8 Å². The van der Waals surface area contributed by atoms with E-state index >= 15 is 0 Å². The fourth-order valence-corrected chi connectivity index (χ4v) is 3.41. The van der Waals surface area contributed by atoms with Gasteiger partial charge in [0.05, 0.1) is 16.9 Å². The maximum atomic E-state index is 11.4. The van der Waals surface area contributed by atoms with Gasteiger partial charge in [-0.25, -0.2) is 0 Å². The molecule has 2 atom stereocenters. The number of carbonyl (C=O) groups is 2. The smallest absolute Gasteiger partial charge is 0.224 e. The van der Waals surface area contributed by atoms with Gasteiger partial charge in [-0.3, -0.25) is 4.79 Å². The highest BCUT2D eigenvalue weighted by Gasteiger charge is 2.50. The number of hydrogen-bond acceptors (Lipinski definition) is 4. The molecule has 0 spiro atoms. The SMILES string of the molecule is C[C@@]12CCC(=O)N1[C@H](C(=O)[O-])CS2. The number of aliphatic carboxylic acids is 1. The lowest BCUT2D eigenvalue weighted by atomic mass is 10.2. The molecular formula is C8H10NO3S-. The van der Waals surface area contributed by atoms with E-state index in [1.807, 2.05) is 6.92 Å². The van der Waals surface area contributed by atoms with E-state index in [1.165, 1.54) is 16.7 Å². The van der Waals surface area contributed by atoms with E-state index in [-0.39, 0.29) is 10.8 Å². The first kappa shape index (κ1) is 8.87. The van der Waals surface area contributed by atoms with Crippen molar-refractivity contribution in [1.82, 2.24) is 4.90 Å². The summed E-state index contributed by atoms with van der Waals surface area (Å²) in [5.74, 6) is -0.724. The van der Waals surface area contributed by atoms with Gasteiger partial charge in [0, 0.05) is 12.2 Å². The summed E-state index contributed by atoms with van der Waals surface area (Å²) in [4.78, 5) is 23.3. The number of carboxylic acids is 1. The molecule has 0 aliphatic carbocycles. The van der Waals surface area contributed by atoms with E-state index in [0.29, 0.717) is 12.2 Å². The van der Waals surface area contributed by atoms with Crippen molar-refractivity contribution in [3.8, 4) is 0 Å². The lowest BCUT2D eigenvalue weighted by molar-refractivity contribution is -0.310. The minimum atomic E-state index is -1.13. The van der Waals surface area contributed by atoms with Crippen LogP contribution >= 0.6 is 11.8 Å². The standard InChI is InChI=1S/C8H11NO3S/c1-8-3-2-6(10)9(8)5(4-13-8)7(11)12/h5H,2-4H2,1H3,(H,11,12)/p-1/t5-,8+/m0/s1. The van der Waals surface area contributed by atoms with Crippen molar-refractivity contribution < 1.29 is 14.7 Å². The van der Waals surface area contributed by atoms with E-state index in [1.54, 1.807) is 0 Å². The molecule has 2 rings (SSSR count). The first-order valence-corrected chi connectivity index (χ1v) is 5.20. The van der Waals surface area contributed by atoms with Crippen molar-refractivity contribution in [1.29, 1.82) is 0 Å². The van der Waals surface area contributed by atoms with Crippen molar-refractivity contribution in [2.75, 3.05) is 5.75 Å². The number of amides is 1. The molecule has 0 N–H and O–H groups in total. The number of rotatable bonds is 1. The molecule has 0 bridgehead atoms. The number of carbonyl (C=O) groups excluding carboxylic acids is 2. The molecule has 0 radical (unpaired) electrons. The van der Waals surface area contributed by atoms with Crippen LogP contribution in [0, 0.1) is 0 Å². The lowest BCUT2D eigenvalue weighted by Crippen LogP contribution is -2.51. The molecule has 2 saturated heterocycles. The van der Waals surface area contributed by atoms with E-state index in [9.17, 15) is 14.7 Å². The van der Waals surface area contributed by atoms with Gasteiger partial charge in [-0.1, -0.05) is 0 Å². The maximum Gasteiger partial charge on any atom is 0.224 e. The van der Waals surface area contributed by atoms with Crippen LogP contribution in [0.2, 0.25) is 0 Å². The molecule has 0 saturated carbocycles. The Balaban J connectivity index is 2.29. The number of hydrogen-bond donors (Lipinski definition) is 0. The van der Waals surface area contributed by atoms with Gasteiger partial charge in [0.1, 0.15) is 0 Å². The predicted molar refractivity (Wildman–Crippen MR) is 45.7 cm³/mol. The van der Waals surface area contributed by atoms with Gasteiger partial charge in [0.2, 0.25) is 5.91 Å². The van der Waals surface area contributed by atoms with E-state index in [0.717, 1.165) is 6.42 Å². The molecular weight excluding hydrogens is 190 g/mol. The third kappa shape index (κ3) is 1.14. The van der Waals surface area contributed by atoms with Crippen molar-refractivity contribution in [3.63, 3.8) is 0 Å². The molecule has 72 valence electrons. The van der Waals surface area contributed by atoms with E-state index in [4.69, 9.17) is 0 Å². The molecule has 13 heavy (non-hydrogen) atoms. The summed E-state index contributed by atoms with van der Waals surface area (Å²) in [5, 5.41) is 10.7. The number of nitrogens with zero attached hydrogens (tertiary/aromatic N) is 1. The minimum Gasteiger partial charge on any atom is -0.548 e. The number of fused-ring (bicyclic) bond motifs is 1. The summed E-state index contributed by atoms with van der Waals surface area (Å²) in [6, 6.07) is -0.718. The van der Waals surface area contributed by atoms with Crippen LogP contribution in [0.5, 0.6) is 0 Å². The zero-order valence-electron chi connectivity index (χ0n) is 7.28. The zero-order valence-corrected chi connectivity index (χ0v) is 8.10. The summed E-state index contributed by atoms with van der Waals surface area (Å²) in [5.41, 5.74) is 0. The molecule has 0 aromatic carbocycles. The van der Waals surface area contributed by atoms with E-state index < -0.39 is 12.0 Å². The van der Waals surface area contributed by atoms with Gasteiger partial charge in [0.15, 0.2) is 0 Å². The van der Waals surface area contributed by atoms with Crippen LogP contribution in [0.1, 0.15) is 19.8 Å². The van der Waals surface area contributed by atoms with Crippen molar-refractivity contribution in [2.45, 2.75) is 30.7 Å². The van der Waals surface area contributed by atoms with Crippen LogP contribution in [0.3, 0.4) is 0 Å². The fraction of sp³-hybridized carbons (Fsp3) is 0.750. The summed E-state index contributed by atoms with van der Waals surface area (Å²) in [6.45, 7) is 1.92. The molecule has 0 aromatic rings. The summed E-state index contributed by atoms with van der Waals surface area (Å²) in [6.07, 6.45) is 1.22. The average molecular weight is 200 g/mol. The van der Waals surface area contributed by atoms with Crippen LogP contribution < -0.4 is 5.11 Å². The largest absolute Gasteiger partial charge is 0.548 e. The molecule has 4 nitrogen and oxygen atoms in total. The summed E-state index contributed by atoms with van der Waals surface area (Å²) >= 11 is 1.54. The Morgan fingerprint density at radius 1 is 1.77 bits per heavy atom. The Bertz CT molecular complexity index is 281. The number of carboxylic acid groups (broad SMARTS) is 1. The predicted octanol–water partition coefficient (Wildman–Crippen LogP) is -0.810. The topological polar surface area (TPSA) is 60.4 Å². The van der Waals surface area contributed by atoms with Crippen molar-refractivity contribution in [2.24, 2.45) is 0 Å². The second kappa shape index (κ2) is 2.64. The van der Waals surface area contributed by atoms with Crippen molar-refractivity contribution in [3.05, 3.63) is 0 Å². The monoisotopic (exact) mass is 200 g/mol. The maximum absolute atomic E-state index is 11.4. The minimum absolute atomic E-state index is 0.0540. The molecule has 5 heteroatoms.